The number of fused-ring (bicyclic) bond motifs is 8. The second-order valence-electron chi connectivity index (χ2n) is 7.74. The first kappa shape index (κ1) is 13.4. The van der Waals surface area contributed by atoms with Crippen molar-refractivity contribution in [1.82, 2.24) is 0 Å². The van der Waals surface area contributed by atoms with Crippen LogP contribution in [0.15, 0.2) is 46.4 Å². The van der Waals surface area contributed by atoms with E-state index in [4.69, 9.17) is 0 Å². The molecule has 0 aromatic heterocycles. The third kappa shape index (κ3) is 1.49. The van der Waals surface area contributed by atoms with E-state index in [1.165, 1.54) is 19.3 Å². The summed E-state index contributed by atoms with van der Waals surface area (Å²) in [6, 6.07) is 9.10. The van der Waals surface area contributed by atoms with Crippen molar-refractivity contribution in [3.05, 3.63) is 41.5 Å². The summed E-state index contributed by atoms with van der Waals surface area (Å²) in [4.78, 5) is 0.519. The molecule has 0 radical (unpaired) electrons. The molecule has 3 heteroatoms. The molecule has 116 valence electrons. The van der Waals surface area contributed by atoms with Crippen molar-refractivity contribution in [2.45, 2.75) is 42.8 Å². The Morgan fingerprint density at radius 2 is 1.64 bits per heavy atom. The summed E-state index contributed by atoms with van der Waals surface area (Å²) < 4.78 is 26.3. The van der Waals surface area contributed by atoms with Gasteiger partial charge >= 0.3 is 0 Å². The Kier molecular flexibility index (Phi) is 2.58. The van der Waals surface area contributed by atoms with Crippen molar-refractivity contribution < 1.29 is 8.42 Å². The molecule has 5 rings (SSSR count). The Morgan fingerprint density at radius 3 is 2.36 bits per heavy atom. The van der Waals surface area contributed by atoms with E-state index in [0.717, 1.165) is 12.3 Å². The maximum absolute atomic E-state index is 13.1. The summed E-state index contributed by atoms with van der Waals surface area (Å²) in [6.07, 6.45) is 4.85. The summed E-state index contributed by atoms with van der Waals surface area (Å²) in [5.41, 5.74) is 3.32. The highest BCUT2D eigenvalue weighted by Crippen LogP contribution is 2.66. The van der Waals surface area contributed by atoms with E-state index in [0.29, 0.717) is 28.6 Å². The Hall–Kier alpha value is -1.09. The van der Waals surface area contributed by atoms with E-state index in [1.807, 2.05) is 18.2 Å². The molecule has 0 amide bonds. The Morgan fingerprint density at radius 1 is 0.955 bits per heavy atom. The van der Waals surface area contributed by atoms with Crippen LogP contribution in [0.25, 0.3) is 0 Å². The molecule has 22 heavy (non-hydrogen) atoms. The van der Waals surface area contributed by atoms with Crippen molar-refractivity contribution in [3.8, 4) is 0 Å². The number of benzene rings is 1. The van der Waals surface area contributed by atoms with Crippen LogP contribution in [0, 0.1) is 29.6 Å². The van der Waals surface area contributed by atoms with Gasteiger partial charge in [0, 0.05) is 5.92 Å². The highest BCUT2D eigenvalue weighted by Gasteiger charge is 2.60. The van der Waals surface area contributed by atoms with Gasteiger partial charge in [-0.3, -0.25) is 0 Å². The van der Waals surface area contributed by atoms with Crippen molar-refractivity contribution in [2.24, 2.45) is 29.6 Å². The molecule has 2 nitrogen and oxygen atoms in total. The van der Waals surface area contributed by atoms with Gasteiger partial charge in [0.05, 0.1) is 10.1 Å². The number of hydrogen-bond donors (Lipinski definition) is 0. The Bertz CT molecular complexity index is 762. The van der Waals surface area contributed by atoms with Gasteiger partial charge in [0.25, 0.3) is 0 Å². The predicted octanol–water partition coefficient (Wildman–Crippen LogP) is 3.84. The van der Waals surface area contributed by atoms with Gasteiger partial charge in [-0.15, -0.1) is 0 Å². The first-order chi connectivity index (χ1) is 10.6. The van der Waals surface area contributed by atoms with Gasteiger partial charge in [0.15, 0.2) is 9.84 Å². The minimum atomic E-state index is -3.19. The number of hydrogen-bond acceptors (Lipinski definition) is 2. The highest BCUT2D eigenvalue weighted by molar-refractivity contribution is 7.92. The second-order valence-corrected chi connectivity index (χ2v) is 9.91. The van der Waals surface area contributed by atoms with Gasteiger partial charge in [-0.1, -0.05) is 36.3 Å². The monoisotopic (exact) mass is 314 g/mol. The van der Waals surface area contributed by atoms with Crippen LogP contribution < -0.4 is 0 Å². The molecular weight excluding hydrogens is 292 g/mol. The molecule has 0 heterocycles. The van der Waals surface area contributed by atoms with Crippen molar-refractivity contribution in [3.63, 3.8) is 0 Å². The first-order valence-corrected chi connectivity index (χ1v) is 10.2. The van der Waals surface area contributed by atoms with Gasteiger partial charge < -0.3 is 0 Å². The van der Waals surface area contributed by atoms with Crippen LogP contribution in [-0.4, -0.2) is 13.7 Å². The zero-order valence-corrected chi connectivity index (χ0v) is 13.7. The van der Waals surface area contributed by atoms with Crippen molar-refractivity contribution >= 4 is 9.84 Å². The van der Waals surface area contributed by atoms with Gasteiger partial charge in [-0.2, -0.15) is 0 Å². The summed E-state index contributed by atoms with van der Waals surface area (Å²) in [7, 11) is -3.19. The van der Waals surface area contributed by atoms with Crippen molar-refractivity contribution in [2.75, 3.05) is 0 Å². The smallest absolute Gasteiger partial charge is 0.181 e. The van der Waals surface area contributed by atoms with E-state index in [9.17, 15) is 8.42 Å². The van der Waals surface area contributed by atoms with Crippen LogP contribution >= 0.6 is 0 Å². The van der Waals surface area contributed by atoms with E-state index < -0.39 is 9.84 Å². The van der Waals surface area contributed by atoms with E-state index >= 15 is 0 Å². The molecule has 1 aromatic carbocycles. The first-order valence-electron chi connectivity index (χ1n) is 8.62. The molecule has 4 bridgehead atoms. The molecule has 0 unspecified atom stereocenters. The molecule has 0 spiro atoms. The summed E-state index contributed by atoms with van der Waals surface area (Å²) >= 11 is 0. The zero-order chi connectivity index (χ0) is 15.1. The Balaban J connectivity index is 1.59. The molecular formula is C19H22O2S. The van der Waals surface area contributed by atoms with E-state index in [-0.39, 0.29) is 5.25 Å². The van der Waals surface area contributed by atoms with Crippen LogP contribution in [0.2, 0.25) is 0 Å². The van der Waals surface area contributed by atoms with Crippen LogP contribution in [0.4, 0.5) is 0 Å². The lowest BCUT2D eigenvalue weighted by atomic mass is 9.82. The lowest BCUT2D eigenvalue weighted by molar-refractivity contribution is 0.410. The zero-order valence-electron chi connectivity index (χ0n) is 12.9. The van der Waals surface area contributed by atoms with Gasteiger partial charge in [0.1, 0.15) is 0 Å². The minimum absolute atomic E-state index is 0.173. The maximum Gasteiger partial charge on any atom is 0.181 e. The molecule has 2 saturated carbocycles. The SMILES string of the molecule is C[C@H]1[C@@H]2C3=C([C@H]4CC[C@H]3C4)[C@@H]1C[C@H]2S(=O)(=O)c1ccccc1. The number of sulfone groups is 1. The third-order valence-corrected chi connectivity index (χ3v) is 9.17. The lowest BCUT2D eigenvalue weighted by Gasteiger charge is -2.30. The molecule has 4 aliphatic rings. The van der Waals surface area contributed by atoms with Crippen LogP contribution in [0.1, 0.15) is 32.6 Å². The largest absolute Gasteiger partial charge is 0.223 e. The fourth-order valence-electron chi connectivity index (χ4n) is 6.20. The lowest BCUT2D eigenvalue weighted by Crippen LogP contribution is -2.31. The predicted molar refractivity (Wildman–Crippen MR) is 86.0 cm³/mol. The maximum atomic E-state index is 13.1. The highest BCUT2D eigenvalue weighted by atomic mass is 32.2. The number of allylic oxidation sites excluding steroid dienone is 2. The normalized spacial score (nSPS) is 42.2. The summed E-state index contributed by atoms with van der Waals surface area (Å²) in [5.74, 6) is 2.92. The van der Waals surface area contributed by atoms with Crippen LogP contribution in [0.5, 0.6) is 0 Å². The fourth-order valence-corrected chi connectivity index (χ4v) is 8.33. The van der Waals surface area contributed by atoms with Crippen molar-refractivity contribution in [1.29, 1.82) is 0 Å². The third-order valence-electron chi connectivity index (χ3n) is 6.96. The molecule has 1 aromatic rings. The molecule has 4 aliphatic carbocycles. The summed E-state index contributed by atoms with van der Waals surface area (Å²) in [5, 5.41) is -0.173. The molecule has 0 N–H and O–H groups in total. The van der Waals surface area contributed by atoms with Crippen LogP contribution in [0.3, 0.4) is 0 Å². The standard InChI is InChI=1S/C19H22O2S/c1-11-15-10-16(22(20,21)14-5-3-2-4-6-14)17(11)19-13-8-7-12(9-13)18(15)19/h2-6,11-13,15-17H,7-10H2,1H3/t11-,12+,13+,15-,16-,17+/m1/s1. The number of rotatable bonds is 2. The second kappa shape index (κ2) is 4.25. The fraction of sp³-hybridized carbons (Fsp3) is 0.579. The van der Waals surface area contributed by atoms with E-state index in [1.54, 1.807) is 23.3 Å². The van der Waals surface area contributed by atoms with Crippen LogP contribution in [-0.2, 0) is 9.84 Å². The van der Waals surface area contributed by atoms with Gasteiger partial charge in [0.2, 0.25) is 0 Å². The average molecular weight is 314 g/mol. The van der Waals surface area contributed by atoms with Gasteiger partial charge in [-0.05, 0) is 61.5 Å². The average Bonchev–Trinajstić information content (AvgIpc) is 3.27. The van der Waals surface area contributed by atoms with E-state index in [2.05, 4.69) is 6.92 Å². The van der Waals surface area contributed by atoms with Gasteiger partial charge in [-0.25, -0.2) is 8.42 Å². The minimum Gasteiger partial charge on any atom is -0.223 e. The molecule has 0 aliphatic heterocycles. The quantitative estimate of drug-likeness (QED) is 0.614. The summed E-state index contributed by atoms with van der Waals surface area (Å²) in [6.45, 7) is 2.30. The topological polar surface area (TPSA) is 34.1 Å². The Labute approximate surface area is 132 Å². The molecule has 6 atom stereocenters. The molecule has 0 saturated heterocycles. The molecule has 2 fully saturated rings.